The Kier molecular flexibility index (Phi) is 4.61. The molecule has 1 aromatic rings. The van der Waals surface area contributed by atoms with Crippen molar-refractivity contribution in [1.29, 1.82) is 0 Å². The molecule has 20 heavy (non-hydrogen) atoms. The zero-order valence-corrected chi connectivity index (χ0v) is 11.0. The van der Waals surface area contributed by atoms with Gasteiger partial charge in [0.05, 0.1) is 11.3 Å². The first-order valence-electron chi connectivity index (χ1n) is 5.18. The van der Waals surface area contributed by atoms with E-state index in [4.69, 9.17) is 5.11 Å². The van der Waals surface area contributed by atoms with E-state index >= 15 is 0 Å². The van der Waals surface area contributed by atoms with Gasteiger partial charge in [-0.1, -0.05) is 0 Å². The average molecular weight is 312 g/mol. The van der Waals surface area contributed by atoms with E-state index < -0.39 is 28.9 Å². The topological polar surface area (TPSA) is 95.5 Å². The van der Waals surface area contributed by atoms with Crippen LogP contribution in [-0.4, -0.2) is 32.2 Å². The van der Waals surface area contributed by atoms with E-state index in [2.05, 4.69) is 0 Å². The molecule has 1 rings (SSSR count). The number of aryl methyl sites for hydroxylation is 1. The molecule has 10 heteroatoms. The summed E-state index contributed by atoms with van der Waals surface area (Å²) in [6, 6.07) is 3.50. The fraction of sp³-hybridized carbons (Fsp3) is 0.300. The summed E-state index contributed by atoms with van der Waals surface area (Å²) in [6.45, 7) is -0.265. The Labute approximate surface area is 112 Å². The third-order valence-corrected chi connectivity index (χ3v) is 3.20. The molecule has 0 unspecified atom stereocenters. The molecule has 0 aliphatic carbocycles. The summed E-state index contributed by atoms with van der Waals surface area (Å²) in [7, 11) is -4.39. The van der Waals surface area contributed by atoms with E-state index in [0.717, 1.165) is 12.1 Å². The number of hydrogen-bond acceptors (Lipinski definition) is 3. The average Bonchev–Trinajstić information content (AvgIpc) is 2.24. The molecule has 0 aliphatic heterocycles. The monoisotopic (exact) mass is 312 g/mol. The predicted molar refractivity (Wildman–Crippen MR) is 64.7 cm³/mol. The summed E-state index contributed by atoms with van der Waals surface area (Å²) in [5, 5.41) is 8.79. The van der Waals surface area contributed by atoms with Crippen molar-refractivity contribution in [1.82, 2.24) is 4.72 Å². The van der Waals surface area contributed by atoms with Gasteiger partial charge in [0, 0.05) is 0 Å². The molecule has 0 aromatic heterocycles. The Morgan fingerprint density at radius 3 is 2.40 bits per heavy atom. The van der Waals surface area contributed by atoms with Crippen LogP contribution in [0.15, 0.2) is 18.2 Å². The lowest BCUT2D eigenvalue weighted by atomic mass is 10.1. The lowest BCUT2D eigenvalue weighted by molar-refractivity contribution is -0.121. The number of benzene rings is 1. The second-order valence-corrected chi connectivity index (χ2v) is 5.38. The molecule has 0 amide bonds. The van der Waals surface area contributed by atoms with Crippen LogP contribution in [0.4, 0.5) is 18.9 Å². The fourth-order valence-corrected chi connectivity index (χ4v) is 2.20. The van der Waals surface area contributed by atoms with E-state index in [1.807, 2.05) is 4.72 Å². The molecule has 3 N–H and O–H groups in total. The van der Waals surface area contributed by atoms with E-state index in [0.29, 0.717) is 0 Å². The first kappa shape index (κ1) is 16.2. The van der Waals surface area contributed by atoms with Gasteiger partial charge in [0.1, 0.15) is 6.54 Å². The van der Waals surface area contributed by atoms with Crippen molar-refractivity contribution >= 4 is 21.9 Å². The summed E-state index contributed by atoms with van der Waals surface area (Å²) in [4.78, 5) is 10.8. The Balaban J connectivity index is 2.83. The van der Waals surface area contributed by atoms with Gasteiger partial charge in [-0.3, -0.25) is 4.72 Å². The zero-order chi connectivity index (χ0) is 15.6. The molecule has 0 bridgehead atoms. The Bertz CT molecular complexity index is 613. The number of carboxylic acid groups (broad SMARTS) is 1. The summed E-state index contributed by atoms with van der Waals surface area (Å²) < 4.78 is 61.6. The van der Waals surface area contributed by atoms with Crippen LogP contribution >= 0.6 is 0 Å². The lowest BCUT2D eigenvalue weighted by Crippen LogP contribution is -2.37. The maximum atomic E-state index is 11.9. The van der Waals surface area contributed by atoms with E-state index in [-0.39, 0.29) is 16.8 Å². The van der Waals surface area contributed by atoms with Crippen molar-refractivity contribution in [2.75, 3.05) is 11.3 Å². The minimum atomic E-state index is -4.67. The summed E-state index contributed by atoms with van der Waals surface area (Å²) >= 11 is 0. The number of aromatic carboxylic acids is 1. The SMILES string of the molecule is Cc1cc(NS(=O)(=O)NCC(F)(F)F)ccc1C(=O)O. The van der Waals surface area contributed by atoms with E-state index in [9.17, 15) is 26.4 Å². The van der Waals surface area contributed by atoms with Gasteiger partial charge in [-0.05, 0) is 30.7 Å². The second kappa shape index (κ2) is 5.67. The van der Waals surface area contributed by atoms with Gasteiger partial charge in [-0.25, -0.2) is 4.79 Å². The molecule has 0 atom stereocenters. The van der Waals surface area contributed by atoms with Crippen molar-refractivity contribution < 1.29 is 31.5 Å². The van der Waals surface area contributed by atoms with Crippen LogP contribution < -0.4 is 9.44 Å². The maximum absolute atomic E-state index is 11.9. The van der Waals surface area contributed by atoms with Gasteiger partial charge in [-0.15, -0.1) is 0 Å². The maximum Gasteiger partial charge on any atom is 0.402 e. The molecule has 112 valence electrons. The van der Waals surface area contributed by atoms with E-state index in [1.54, 1.807) is 0 Å². The highest BCUT2D eigenvalue weighted by molar-refractivity contribution is 7.90. The first-order chi connectivity index (χ1) is 9.00. The number of carbonyl (C=O) groups is 1. The van der Waals surface area contributed by atoms with Crippen molar-refractivity contribution in [3.8, 4) is 0 Å². The fourth-order valence-electron chi connectivity index (χ4n) is 1.34. The van der Waals surface area contributed by atoms with Gasteiger partial charge in [0.15, 0.2) is 0 Å². The molecule has 0 spiro atoms. The van der Waals surface area contributed by atoms with Gasteiger partial charge in [-0.2, -0.15) is 26.3 Å². The molecular formula is C10H11F3N2O4S. The summed E-state index contributed by atoms with van der Waals surface area (Å²) in [5.41, 5.74) is 0.201. The number of hydrogen-bond donors (Lipinski definition) is 3. The van der Waals surface area contributed by atoms with Gasteiger partial charge >= 0.3 is 12.1 Å². The number of alkyl halides is 3. The largest absolute Gasteiger partial charge is 0.478 e. The van der Waals surface area contributed by atoms with Gasteiger partial charge < -0.3 is 5.11 Å². The highest BCUT2D eigenvalue weighted by Gasteiger charge is 2.29. The summed E-state index contributed by atoms with van der Waals surface area (Å²) in [6.07, 6.45) is -4.67. The van der Waals surface area contributed by atoms with Crippen LogP contribution in [0.5, 0.6) is 0 Å². The van der Waals surface area contributed by atoms with Gasteiger partial charge in [0.2, 0.25) is 0 Å². The Morgan fingerprint density at radius 2 is 1.95 bits per heavy atom. The molecule has 0 saturated heterocycles. The first-order valence-corrected chi connectivity index (χ1v) is 6.66. The smallest absolute Gasteiger partial charge is 0.402 e. The highest BCUT2D eigenvalue weighted by atomic mass is 32.2. The van der Waals surface area contributed by atoms with Crippen LogP contribution in [0.1, 0.15) is 15.9 Å². The molecular weight excluding hydrogens is 301 g/mol. The number of halogens is 3. The third kappa shape index (κ3) is 5.05. The minimum Gasteiger partial charge on any atom is -0.478 e. The van der Waals surface area contributed by atoms with Crippen molar-refractivity contribution in [2.24, 2.45) is 0 Å². The van der Waals surface area contributed by atoms with Crippen LogP contribution in [0.3, 0.4) is 0 Å². The number of rotatable bonds is 5. The minimum absolute atomic E-state index is 0.0313. The molecule has 1 aromatic carbocycles. The van der Waals surface area contributed by atoms with Crippen LogP contribution in [-0.2, 0) is 10.2 Å². The number of nitrogens with one attached hydrogen (secondary N) is 2. The van der Waals surface area contributed by atoms with Crippen LogP contribution in [0, 0.1) is 6.92 Å². The zero-order valence-electron chi connectivity index (χ0n) is 10.2. The molecule has 0 saturated carbocycles. The van der Waals surface area contributed by atoms with Crippen LogP contribution in [0.2, 0.25) is 0 Å². The molecule has 0 fully saturated rings. The second-order valence-electron chi connectivity index (χ2n) is 3.88. The van der Waals surface area contributed by atoms with Crippen LogP contribution in [0.25, 0.3) is 0 Å². The quantitative estimate of drug-likeness (QED) is 0.768. The highest BCUT2D eigenvalue weighted by Crippen LogP contribution is 2.17. The molecule has 0 heterocycles. The molecule has 0 aliphatic rings. The van der Waals surface area contributed by atoms with E-state index in [1.165, 1.54) is 17.7 Å². The number of carboxylic acids is 1. The lowest BCUT2D eigenvalue weighted by Gasteiger charge is -2.12. The molecule has 6 nitrogen and oxygen atoms in total. The summed E-state index contributed by atoms with van der Waals surface area (Å²) in [5.74, 6) is -1.19. The normalized spacial score (nSPS) is 12.2. The Morgan fingerprint density at radius 1 is 1.35 bits per heavy atom. The number of anilines is 1. The van der Waals surface area contributed by atoms with Crippen molar-refractivity contribution in [3.05, 3.63) is 29.3 Å². The Hall–Kier alpha value is -1.81. The standard InChI is InChI=1S/C10H11F3N2O4S/c1-6-4-7(2-3-8(6)9(16)17)15-20(18,19)14-5-10(11,12)13/h2-4,14-15H,5H2,1H3,(H,16,17). The van der Waals surface area contributed by atoms with Crippen molar-refractivity contribution in [2.45, 2.75) is 13.1 Å². The van der Waals surface area contributed by atoms with Crippen molar-refractivity contribution in [3.63, 3.8) is 0 Å². The van der Waals surface area contributed by atoms with Gasteiger partial charge in [0.25, 0.3) is 10.2 Å². The third-order valence-electron chi connectivity index (χ3n) is 2.17. The predicted octanol–water partition coefficient (Wildman–Crippen LogP) is 1.50. The molecule has 0 radical (unpaired) electrons.